The van der Waals surface area contributed by atoms with Crippen molar-refractivity contribution in [1.29, 1.82) is 0 Å². The molecule has 0 spiro atoms. The third-order valence-electron chi connectivity index (χ3n) is 3.40. The molecule has 0 saturated heterocycles. The van der Waals surface area contributed by atoms with Gasteiger partial charge < -0.3 is 16.2 Å². The number of carboxylic acid groups (broad SMARTS) is 1. The van der Waals surface area contributed by atoms with Crippen LogP contribution in [0.5, 0.6) is 0 Å². The normalized spacial score (nSPS) is 22.1. The number of nitrogens with one attached hydrogen (secondary N) is 1. The number of aryl methyl sites for hydroxylation is 1. The number of aromatic carboxylic acids is 1. The molecule has 2 rings (SSSR count). The molecule has 0 bridgehead atoms. The second-order valence-electron chi connectivity index (χ2n) is 5.02. The maximum atomic E-state index is 11.0. The van der Waals surface area contributed by atoms with Gasteiger partial charge in [-0.3, -0.25) is 0 Å². The maximum Gasteiger partial charge on any atom is 0.335 e. The molecular weight excluding hydrogens is 232 g/mol. The van der Waals surface area contributed by atoms with E-state index in [1.54, 1.807) is 12.1 Å². The molecule has 0 aromatic heterocycles. The number of benzene rings is 1. The van der Waals surface area contributed by atoms with Crippen LogP contribution in [-0.4, -0.2) is 22.6 Å². The van der Waals surface area contributed by atoms with E-state index in [1.807, 2.05) is 13.0 Å². The number of carboxylic acids is 1. The molecule has 1 atom stereocenters. The van der Waals surface area contributed by atoms with Gasteiger partial charge in [0.05, 0.1) is 5.56 Å². The van der Waals surface area contributed by atoms with Crippen molar-refractivity contribution < 1.29 is 14.7 Å². The number of nitrogens with two attached hydrogens (primary N) is 1. The average Bonchev–Trinajstić information content (AvgIpc) is 2.26. The Labute approximate surface area is 105 Å². The molecular formula is C13H16N2O3. The van der Waals surface area contributed by atoms with Gasteiger partial charge in [0.2, 0.25) is 0 Å². The molecule has 5 nitrogen and oxygen atoms in total. The topological polar surface area (TPSA) is 92.4 Å². The predicted molar refractivity (Wildman–Crippen MR) is 66.6 cm³/mol. The Morgan fingerprint density at radius 2 is 2.11 bits per heavy atom. The Kier molecular flexibility index (Phi) is 2.98. The molecule has 96 valence electrons. The van der Waals surface area contributed by atoms with E-state index < -0.39 is 12.0 Å². The van der Waals surface area contributed by atoms with Gasteiger partial charge in [-0.1, -0.05) is 6.07 Å². The van der Waals surface area contributed by atoms with E-state index in [0.29, 0.717) is 12.0 Å². The lowest BCUT2D eigenvalue weighted by Crippen LogP contribution is -2.51. The van der Waals surface area contributed by atoms with Gasteiger partial charge in [0.1, 0.15) is 0 Å². The third kappa shape index (κ3) is 2.45. The molecule has 1 aliphatic carbocycles. The maximum absolute atomic E-state index is 11.0. The largest absolute Gasteiger partial charge is 0.478 e. The molecule has 5 heteroatoms. The molecule has 0 fully saturated rings. The Hall–Kier alpha value is -2.04. The Morgan fingerprint density at radius 1 is 1.39 bits per heavy atom. The third-order valence-corrected chi connectivity index (χ3v) is 3.40. The number of hydrogen-bond acceptors (Lipinski definition) is 2. The predicted octanol–water partition coefficient (Wildman–Crippen LogP) is 1.30. The fourth-order valence-corrected chi connectivity index (χ4v) is 2.49. The molecule has 0 radical (unpaired) electrons. The summed E-state index contributed by atoms with van der Waals surface area (Å²) in [5.41, 5.74) is 7.24. The van der Waals surface area contributed by atoms with Crippen LogP contribution >= 0.6 is 0 Å². The smallest absolute Gasteiger partial charge is 0.335 e. The highest BCUT2D eigenvalue weighted by molar-refractivity contribution is 5.88. The highest BCUT2D eigenvalue weighted by atomic mass is 16.4. The standard InChI is InChI=1S/C13H16N2O3/c1-13(15-12(14)18)5-4-8-6-9(11(16)17)2-3-10(8)7-13/h2-3,6H,4-5,7H2,1H3,(H,16,17)(H3,14,15,18). The van der Waals surface area contributed by atoms with Crippen molar-refractivity contribution in [3.8, 4) is 0 Å². The lowest BCUT2D eigenvalue weighted by Gasteiger charge is -2.35. The van der Waals surface area contributed by atoms with Crippen LogP contribution in [0.25, 0.3) is 0 Å². The first-order chi connectivity index (χ1) is 8.39. The van der Waals surface area contributed by atoms with E-state index >= 15 is 0 Å². The number of fused-ring (bicyclic) bond motifs is 1. The van der Waals surface area contributed by atoms with E-state index in [1.165, 1.54) is 0 Å². The lowest BCUT2D eigenvalue weighted by molar-refractivity contribution is 0.0696. The van der Waals surface area contributed by atoms with Gasteiger partial charge in [-0.2, -0.15) is 0 Å². The first kappa shape index (κ1) is 12.4. The Balaban J connectivity index is 2.25. The number of rotatable bonds is 2. The minimum absolute atomic E-state index is 0.306. The van der Waals surface area contributed by atoms with E-state index in [2.05, 4.69) is 5.32 Å². The van der Waals surface area contributed by atoms with E-state index in [-0.39, 0.29) is 5.54 Å². The number of urea groups is 1. The summed E-state index contributed by atoms with van der Waals surface area (Å²) in [6.45, 7) is 1.95. The van der Waals surface area contributed by atoms with Crippen molar-refractivity contribution in [3.05, 3.63) is 34.9 Å². The number of hydrogen-bond donors (Lipinski definition) is 3. The minimum atomic E-state index is -0.915. The second kappa shape index (κ2) is 4.33. The molecule has 1 unspecified atom stereocenters. The monoisotopic (exact) mass is 248 g/mol. The van der Waals surface area contributed by atoms with Crippen LogP contribution in [0.3, 0.4) is 0 Å². The first-order valence-corrected chi connectivity index (χ1v) is 5.82. The zero-order valence-electron chi connectivity index (χ0n) is 10.2. The van der Waals surface area contributed by atoms with Crippen molar-refractivity contribution in [1.82, 2.24) is 5.32 Å². The molecule has 18 heavy (non-hydrogen) atoms. The van der Waals surface area contributed by atoms with Crippen LogP contribution in [-0.2, 0) is 12.8 Å². The van der Waals surface area contributed by atoms with Crippen LogP contribution in [0.2, 0.25) is 0 Å². The van der Waals surface area contributed by atoms with Gasteiger partial charge in [-0.25, -0.2) is 9.59 Å². The minimum Gasteiger partial charge on any atom is -0.478 e. The van der Waals surface area contributed by atoms with Crippen LogP contribution in [0.4, 0.5) is 4.79 Å². The van der Waals surface area contributed by atoms with Crippen molar-refractivity contribution in [2.45, 2.75) is 31.7 Å². The highest BCUT2D eigenvalue weighted by Gasteiger charge is 2.31. The van der Waals surface area contributed by atoms with Crippen LogP contribution in [0.15, 0.2) is 18.2 Å². The molecule has 1 aromatic rings. The summed E-state index contributed by atoms with van der Waals surface area (Å²) in [6, 6.07) is 4.60. The van der Waals surface area contributed by atoms with Gasteiger partial charge in [-0.05, 0) is 49.4 Å². The zero-order chi connectivity index (χ0) is 13.3. The van der Waals surface area contributed by atoms with Crippen LogP contribution in [0.1, 0.15) is 34.8 Å². The van der Waals surface area contributed by atoms with E-state index in [4.69, 9.17) is 10.8 Å². The number of carbonyl (C=O) groups excluding carboxylic acids is 1. The fourth-order valence-electron chi connectivity index (χ4n) is 2.49. The molecule has 1 aromatic carbocycles. The van der Waals surface area contributed by atoms with Gasteiger partial charge in [0.25, 0.3) is 0 Å². The molecule has 0 aliphatic heterocycles. The quantitative estimate of drug-likeness (QED) is 0.736. The fraction of sp³-hybridized carbons (Fsp3) is 0.385. The SMILES string of the molecule is CC1(NC(N)=O)CCc2cc(C(=O)O)ccc2C1. The van der Waals surface area contributed by atoms with Gasteiger partial charge in [0, 0.05) is 5.54 Å². The summed E-state index contributed by atoms with van der Waals surface area (Å²) in [7, 11) is 0. The summed E-state index contributed by atoms with van der Waals surface area (Å²) < 4.78 is 0. The van der Waals surface area contributed by atoms with Crippen LogP contribution < -0.4 is 11.1 Å². The second-order valence-corrected chi connectivity index (χ2v) is 5.02. The molecule has 4 N–H and O–H groups in total. The lowest BCUT2D eigenvalue weighted by atomic mass is 9.79. The van der Waals surface area contributed by atoms with Gasteiger partial charge >= 0.3 is 12.0 Å². The highest BCUT2D eigenvalue weighted by Crippen LogP contribution is 2.29. The van der Waals surface area contributed by atoms with E-state index in [0.717, 1.165) is 24.0 Å². The Morgan fingerprint density at radius 3 is 2.72 bits per heavy atom. The van der Waals surface area contributed by atoms with Crippen molar-refractivity contribution >= 4 is 12.0 Å². The molecule has 2 amide bonds. The van der Waals surface area contributed by atoms with Gasteiger partial charge in [0.15, 0.2) is 0 Å². The average molecular weight is 248 g/mol. The molecule has 1 aliphatic rings. The summed E-state index contributed by atoms with van der Waals surface area (Å²) in [4.78, 5) is 21.8. The number of primary amides is 1. The number of amides is 2. The number of carbonyl (C=O) groups is 2. The molecule has 0 saturated carbocycles. The van der Waals surface area contributed by atoms with Crippen molar-refractivity contribution in [3.63, 3.8) is 0 Å². The van der Waals surface area contributed by atoms with Gasteiger partial charge in [-0.15, -0.1) is 0 Å². The van der Waals surface area contributed by atoms with E-state index in [9.17, 15) is 9.59 Å². The molecule has 0 heterocycles. The summed E-state index contributed by atoms with van der Waals surface area (Å²) in [6.07, 6.45) is 2.17. The first-order valence-electron chi connectivity index (χ1n) is 5.82. The zero-order valence-corrected chi connectivity index (χ0v) is 10.2. The van der Waals surface area contributed by atoms with Crippen LogP contribution in [0, 0.1) is 0 Å². The summed E-state index contributed by atoms with van der Waals surface area (Å²) in [5, 5.41) is 11.7. The van der Waals surface area contributed by atoms with Crippen molar-refractivity contribution in [2.75, 3.05) is 0 Å². The summed E-state index contributed by atoms with van der Waals surface area (Å²) in [5.74, 6) is -0.915. The summed E-state index contributed by atoms with van der Waals surface area (Å²) >= 11 is 0. The van der Waals surface area contributed by atoms with Crippen molar-refractivity contribution in [2.24, 2.45) is 5.73 Å². The Bertz CT molecular complexity index is 513.